The SMILES string of the molecule is O=Cc1cn(CCc2ccccc2)cn1. The summed E-state index contributed by atoms with van der Waals surface area (Å²) in [5.41, 5.74) is 1.78. The zero-order valence-corrected chi connectivity index (χ0v) is 8.34. The zero-order valence-electron chi connectivity index (χ0n) is 8.34. The molecule has 0 unspecified atom stereocenters. The van der Waals surface area contributed by atoms with Crippen molar-refractivity contribution in [1.29, 1.82) is 0 Å². The highest BCUT2D eigenvalue weighted by Gasteiger charge is 1.97. The molecule has 1 aromatic heterocycles. The lowest BCUT2D eigenvalue weighted by Crippen LogP contribution is -1.98. The molecule has 0 N–H and O–H groups in total. The van der Waals surface area contributed by atoms with Crippen LogP contribution in [0.4, 0.5) is 0 Å². The van der Waals surface area contributed by atoms with Gasteiger partial charge < -0.3 is 4.57 Å². The number of benzene rings is 1. The fourth-order valence-corrected chi connectivity index (χ4v) is 1.46. The average molecular weight is 200 g/mol. The Bertz CT molecular complexity index is 434. The van der Waals surface area contributed by atoms with Crippen LogP contribution in [0.5, 0.6) is 0 Å². The highest BCUT2D eigenvalue weighted by molar-refractivity contribution is 5.70. The van der Waals surface area contributed by atoms with E-state index in [2.05, 4.69) is 17.1 Å². The van der Waals surface area contributed by atoms with Crippen LogP contribution in [0.15, 0.2) is 42.9 Å². The molecule has 3 heteroatoms. The van der Waals surface area contributed by atoms with Crippen molar-refractivity contribution >= 4 is 6.29 Å². The van der Waals surface area contributed by atoms with Crippen LogP contribution in [0.1, 0.15) is 16.1 Å². The van der Waals surface area contributed by atoms with E-state index in [9.17, 15) is 4.79 Å². The topological polar surface area (TPSA) is 34.9 Å². The molecule has 15 heavy (non-hydrogen) atoms. The van der Waals surface area contributed by atoms with E-state index >= 15 is 0 Å². The molecular weight excluding hydrogens is 188 g/mol. The third-order valence-corrected chi connectivity index (χ3v) is 2.28. The smallest absolute Gasteiger partial charge is 0.169 e. The molecule has 0 aliphatic rings. The summed E-state index contributed by atoms with van der Waals surface area (Å²) >= 11 is 0. The van der Waals surface area contributed by atoms with Gasteiger partial charge in [-0.2, -0.15) is 0 Å². The first kappa shape index (κ1) is 9.65. The molecule has 0 aliphatic heterocycles. The summed E-state index contributed by atoms with van der Waals surface area (Å²) in [4.78, 5) is 14.4. The highest BCUT2D eigenvalue weighted by atomic mass is 16.1. The van der Waals surface area contributed by atoms with Gasteiger partial charge >= 0.3 is 0 Å². The molecular formula is C12H12N2O. The van der Waals surface area contributed by atoms with Crippen molar-refractivity contribution in [2.75, 3.05) is 0 Å². The molecule has 0 aliphatic carbocycles. The Morgan fingerprint density at radius 1 is 1.27 bits per heavy atom. The number of aldehydes is 1. The maximum absolute atomic E-state index is 10.4. The van der Waals surface area contributed by atoms with Crippen molar-refractivity contribution in [1.82, 2.24) is 9.55 Å². The first-order chi connectivity index (χ1) is 7.38. The number of nitrogens with zero attached hydrogens (tertiary/aromatic N) is 2. The summed E-state index contributed by atoms with van der Waals surface area (Å²) in [6.07, 6.45) is 5.16. The standard InChI is InChI=1S/C12H12N2O/c15-9-12-8-14(10-13-12)7-6-11-4-2-1-3-5-11/h1-5,8-10H,6-7H2. The number of rotatable bonds is 4. The number of aryl methyl sites for hydroxylation is 2. The Labute approximate surface area is 88.4 Å². The summed E-state index contributed by atoms with van der Waals surface area (Å²) in [5, 5.41) is 0. The quantitative estimate of drug-likeness (QED) is 0.707. The lowest BCUT2D eigenvalue weighted by atomic mass is 10.1. The second-order valence-electron chi connectivity index (χ2n) is 3.39. The van der Waals surface area contributed by atoms with Crippen LogP contribution in [0, 0.1) is 0 Å². The first-order valence-electron chi connectivity index (χ1n) is 4.89. The van der Waals surface area contributed by atoms with Gasteiger partial charge in [0, 0.05) is 12.7 Å². The summed E-state index contributed by atoms with van der Waals surface area (Å²) in [6, 6.07) is 10.3. The van der Waals surface area contributed by atoms with Crippen LogP contribution in [-0.4, -0.2) is 15.8 Å². The van der Waals surface area contributed by atoms with Crippen molar-refractivity contribution in [3.63, 3.8) is 0 Å². The number of hydrogen-bond donors (Lipinski definition) is 0. The maximum atomic E-state index is 10.4. The molecule has 0 amide bonds. The molecule has 2 aromatic rings. The fraction of sp³-hybridized carbons (Fsp3) is 0.167. The average Bonchev–Trinajstić information content (AvgIpc) is 2.76. The van der Waals surface area contributed by atoms with Crippen LogP contribution in [0.3, 0.4) is 0 Å². The second-order valence-corrected chi connectivity index (χ2v) is 3.39. The normalized spacial score (nSPS) is 10.1. The largest absolute Gasteiger partial charge is 0.336 e. The lowest BCUT2D eigenvalue weighted by Gasteiger charge is -2.01. The lowest BCUT2D eigenvalue weighted by molar-refractivity contribution is 0.111. The van der Waals surface area contributed by atoms with Gasteiger partial charge in [0.05, 0.1) is 6.33 Å². The van der Waals surface area contributed by atoms with Gasteiger partial charge in [-0.15, -0.1) is 0 Å². The molecule has 0 saturated heterocycles. The fourth-order valence-electron chi connectivity index (χ4n) is 1.46. The molecule has 76 valence electrons. The third-order valence-electron chi connectivity index (χ3n) is 2.28. The van der Waals surface area contributed by atoms with Gasteiger partial charge in [-0.05, 0) is 12.0 Å². The molecule has 0 atom stereocenters. The van der Waals surface area contributed by atoms with Crippen molar-refractivity contribution in [2.45, 2.75) is 13.0 Å². The Kier molecular flexibility index (Phi) is 2.93. The van der Waals surface area contributed by atoms with E-state index in [0.717, 1.165) is 19.3 Å². The Hall–Kier alpha value is -1.90. The van der Waals surface area contributed by atoms with E-state index in [0.29, 0.717) is 5.69 Å². The minimum absolute atomic E-state index is 0.489. The molecule has 1 aromatic carbocycles. The van der Waals surface area contributed by atoms with Crippen molar-refractivity contribution < 1.29 is 4.79 Å². The molecule has 2 rings (SSSR count). The van der Waals surface area contributed by atoms with Gasteiger partial charge in [0.1, 0.15) is 5.69 Å². The Morgan fingerprint density at radius 2 is 2.07 bits per heavy atom. The van der Waals surface area contributed by atoms with Crippen molar-refractivity contribution in [2.24, 2.45) is 0 Å². The number of imidazole rings is 1. The summed E-state index contributed by atoms with van der Waals surface area (Å²) in [7, 11) is 0. The Balaban J connectivity index is 1.96. The number of carbonyl (C=O) groups is 1. The minimum atomic E-state index is 0.489. The van der Waals surface area contributed by atoms with E-state index in [-0.39, 0.29) is 0 Å². The van der Waals surface area contributed by atoms with E-state index in [1.165, 1.54) is 5.56 Å². The molecule has 0 spiro atoms. The van der Waals surface area contributed by atoms with Gasteiger partial charge in [0.2, 0.25) is 0 Å². The van der Waals surface area contributed by atoms with Crippen LogP contribution in [0.25, 0.3) is 0 Å². The predicted molar refractivity (Wildman–Crippen MR) is 57.8 cm³/mol. The van der Waals surface area contributed by atoms with Gasteiger partial charge in [-0.25, -0.2) is 4.98 Å². The third kappa shape index (κ3) is 2.53. The molecule has 0 radical (unpaired) electrons. The zero-order chi connectivity index (χ0) is 10.5. The maximum Gasteiger partial charge on any atom is 0.169 e. The first-order valence-corrected chi connectivity index (χ1v) is 4.89. The summed E-state index contributed by atoms with van der Waals surface area (Å²) < 4.78 is 1.93. The molecule has 3 nitrogen and oxygen atoms in total. The minimum Gasteiger partial charge on any atom is -0.336 e. The van der Waals surface area contributed by atoms with E-state index in [4.69, 9.17) is 0 Å². The highest BCUT2D eigenvalue weighted by Crippen LogP contribution is 2.02. The Morgan fingerprint density at radius 3 is 2.73 bits per heavy atom. The van der Waals surface area contributed by atoms with Crippen LogP contribution < -0.4 is 0 Å². The summed E-state index contributed by atoms with van der Waals surface area (Å²) in [5.74, 6) is 0. The molecule has 0 bridgehead atoms. The second kappa shape index (κ2) is 4.55. The predicted octanol–water partition coefficient (Wildman–Crippen LogP) is 1.94. The van der Waals surface area contributed by atoms with E-state index in [1.807, 2.05) is 22.8 Å². The molecule has 1 heterocycles. The number of hydrogen-bond acceptors (Lipinski definition) is 2. The van der Waals surface area contributed by atoms with Gasteiger partial charge in [-0.3, -0.25) is 4.79 Å². The van der Waals surface area contributed by atoms with E-state index < -0.39 is 0 Å². The van der Waals surface area contributed by atoms with Crippen molar-refractivity contribution in [3.05, 3.63) is 54.1 Å². The van der Waals surface area contributed by atoms with Crippen LogP contribution in [0.2, 0.25) is 0 Å². The van der Waals surface area contributed by atoms with Crippen LogP contribution >= 0.6 is 0 Å². The summed E-state index contributed by atoms with van der Waals surface area (Å²) in [6.45, 7) is 0.852. The van der Waals surface area contributed by atoms with Gasteiger partial charge in [0.25, 0.3) is 0 Å². The van der Waals surface area contributed by atoms with Crippen molar-refractivity contribution in [3.8, 4) is 0 Å². The van der Waals surface area contributed by atoms with Gasteiger partial charge in [-0.1, -0.05) is 30.3 Å². The number of aromatic nitrogens is 2. The van der Waals surface area contributed by atoms with Gasteiger partial charge in [0.15, 0.2) is 6.29 Å². The molecule has 0 fully saturated rings. The molecule has 0 saturated carbocycles. The monoisotopic (exact) mass is 200 g/mol. The van der Waals surface area contributed by atoms with Crippen LogP contribution in [-0.2, 0) is 13.0 Å². The number of carbonyl (C=O) groups excluding carboxylic acids is 1. The van der Waals surface area contributed by atoms with E-state index in [1.54, 1.807) is 12.5 Å².